The largest absolute Gasteiger partial charge is 0.479 e. The molecule has 6 nitrogen and oxygen atoms in total. The highest BCUT2D eigenvalue weighted by atomic mass is 32.2. The number of nitrogens with zero attached hydrogens (tertiary/aromatic N) is 2. The van der Waals surface area contributed by atoms with Gasteiger partial charge < -0.3 is 10.4 Å². The third-order valence-electron chi connectivity index (χ3n) is 3.99. The van der Waals surface area contributed by atoms with Gasteiger partial charge in [0.25, 0.3) is 5.91 Å². The smallest absolute Gasteiger partial charge is 0.330 e. The molecule has 0 saturated carbocycles. The lowest BCUT2D eigenvalue weighted by Crippen LogP contribution is -2.54. The van der Waals surface area contributed by atoms with Crippen LogP contribution >= 0.6 is 11.8 Å². The molecule has 1 unspecified atom stereocenters. The van der Waals surface area contributed by atoms with E-state index >= 15 is 0 Å². The summed E-state index contributed by atoms with van der Waals surface area (Å²) in [6.45, 7) is 1.96. The van der Waals surface area contributed by atoms with E-state index in [1.165, 1.54) is 18.0 Å². The topological polar surface area (TPSA) is 84.2 Å². The number of hydrogen-bond acceptors (Lipinski definition) is 4. The Bertz CT molecular complexity index is 751. The van der Waals surface area contributed by atoms with Gasteiger partial charge in [0, 0.05) is 11.9 Å². The summed E-state index contributed by atoms with van der Waals surface area (Å²) in [6, 6.07) is 7.71. The van der Waals surface area contributed by atoms with Crippen molar-refractivity contribution < 1.29 is 14.7 Å². The summed E-state index contributed by atoms with van der Waals surface area (Å²) in [5, 5.41) is 16.3. The number of carboxylic acid groups (broad SMARTS) is 1. The third kappa shape index (κ3) is 2.96. The van der Waals surface area contributed by atoms with E-state index in [1.807, 2.05) is 31.2 Å². The first-order chi connectivity index (χ1) is 11.0. The van der Waals surface area contributed by atoms with Crippen LogP contribution in [0.4, 0.5) is 0 Å². The molecule has 0 radical (unpaired) electrons. The lowest BCUT2D eigenvalue weighted by atomic mass is 9.99. The minimum atomic E-state index is -1.17. The highest BCUT2D eigenvalue weighted by molar-refractivity contribution is 7.99. The first-order valence-electron chi connectivity index (χ1n) is 7.26. The van der Waals surface area contributed by atoms with E-state index in [4.69, 9.17) is 0 Å². The van der Waals surface area contributed by atoms with E-state index in [0.29, 0.717) is 17.7 Å². The molecule has 1 fully saturated rings. The molecule has 0 bridgehead atoms. The Morgan fingerprint density at radius 3 is 2.83 bits per heavy atom. The fourth-order valence-corrected chi connectivity index (χ4v) is 3.89. The lowest BCUT2D eigenvalue weighted by molar-refractivity contribution is -0.143. The van der Waals surface area contributed by atoms with Crippen molar-refractivity contribution in [3.63, 3.8) is 0 Å². The number of carbonyl (C=O) groups excluding carboxylic acids is 1. The first kappa shape index (κ1) is 15.6. The van der Waals surface area contributed by atoms with Gasteiger partial charge in [-0.1, -0.05) is 18.2 Å². The maximum Gasteiger partial charge on any atom is 0.330 e. The van der Waals surface area contributed by atoms with Crippen LogP contribution in [0.25, 0.3) is 5.69 Å². The number of hydrogen-bond donors (Lipinski definition) is 2. The van der Waals surface area contributed by atoms with E-state index in [9.17, 15) is 14.7 Å². The van der Waals surface area contributed by atoms with Gasteiger partial charge in [-0.3, -0.25) is 4.79 Å². The van der Waals surface area contributed by atoms with Crippen LogP contribution < -0.4 is 5.32 Å². The van der Waals surface area contributed by atoms with Gasteiger partial charge in [-0.15, -0.1) is 0 Å². The molecule has 1 aliphatic heterocycles. The molecular weight excluding hydrogens is 314 g/mol. The molecule has 1 aliphatic rings. The summed E-state index contributed by atoms with van der Waals surface area (Å²) >= 11 is 1.53. The van der Waals surface area contributed by atoms with E-state index in [0.717, 1.165) is 17.0 Å². The van der Waals surface area contributed by atoms with E-state index < -0.39 is 17.4 Å². The number of aryl methyl sites for hydroxylation is 1. The number of benzene rings is 1. The molecular formula is C16H17N3O3S. The molecule has 0 aliphatic carbocycles. The second-order valence-corrected chi connectivity index (χ2v) is 6.71. The van der Waals surface area contributed by atoms with Gasteiger partial charge in [-0.05, 0) is 30.7 Å². The van der Waals surface area contributed by atoms with Gasteiger partial charge in [0.1, 0.15) is 5.54 Å². The Kier molecular flexibility index (Phi) is 4.12. The van der Waals surface area contributed by atoms with Crippen molar-refractivity contribution in [3.05, 3.63) is 47.8 Å². The Morgan fingerprint density at radius 1 is 1.39 bits per heavy atom. The van der Waals surface area contributed by atoms with Crippen molar-refractivity contribution in [3.8, 4) is 5.69 Å². The van der Waals surface area contributed by atoms with Crippen molar-refractivity contribution in [2.75, 3.05) is 11.5 Å². The maximum atomic E-state index is 12.4. The number of carbonyl (C=O) groups is 2. The molecule has 1 aromatic carbocycles. The Balaban J connectivity index is 1.82. The molecule has 1 amide bonds. The summed E-state index contributed by atoms with van der Waals surface area (Å²) in [7, 11) is 0. The third-order valence-corrected chi connectivity index (χ3v) is 5.18. The van der Waals surface area contributed by atoms with Gasteiger partial charge in [-0.25, -0.2) is 9.48 Å². The number of thioether (sulfide) groups is 1. The maximum absolute atomic E-state index is 12.4. The number of para-hydroxylation sites is 1. The number of amides is 1. The predicted octanol–water partition coefficient (Wildman–Crippen LogP) is 1.87. The normalized spacial score (nSPS) is 20.4. The second-order valence-electron chi connectivity index (χ2n) is 5.60. The molecule has 23 heavy (non-hydrogen) atoms. The lowest BCUT2D eigenvalue weighted by Gasteiger charge is -2.24. The molecule has 120 valence electrons. The second kappa shape index (κ2) is 6.08. The van der Waals surface area contributed by atoms with E-state index in [2.05, 4.69) is 10.4 Å². The van der Waals surface area contributed by atoms with Crippen LogP contribution in [0.5, 0.6) is 0 Å². The molecule has 0 spiro atoms. The molecule has 2 N–H and O–H groups in total. The van der Waals surface area contributed by atoms with Crippen LogP contribution in [-0.4, -0.2) is 43.8 Å². The zero-order valence-electron chi connectivity index (χ0n) is 12.7. The summed E-state index contributed by atoms with van der Waals surface area (Å²) in [4.78, 5) is 23.9. The molecule has 2 aromatic rings. The Hall–Kier alpha value is -2.28. The molecule has 2 heterocycles. The van der Waals surface area contributed by atoms with Gasteiger partial charge in [0.15, 0.2) is 0 Å². The van der Waals surface area contributed by atoms with Crippen LogP contribution in [0.15, 0.2) is 36.7 Å². The average molecular weight is 331 g/mol. The number of aliphatic carboxylic acids is 1. The van der Waals surface area contributed by atoms with Gasteiger partial charge in [-0.2, -0.15) is 16.9 Å². The van der Waals surface area contributed by atoms with Crippen LogP contribution in [0.3, 0.4) is 0 Å². The molecule has 1 saturated heterocycles. The number of aromatic nitrogens is 2. The van der Waals surface area contributed by atoms with Gasteiger partial charge >= 0.3 is 5.97 Å². The summed E-state index contributed by atoms with van der Waals surface area (Å²) < 4.78 is 1.63. The van der Waals surface area contributed by atoms with E-state index in [1.54, 1.807) is 10.9 Å². The SMILES string of the molecule is Cc1ccccc1-n1cc(C(=O)NC2(C(=O)O)CCSC2)cn1. The standard InChI is InChI=1S/C16H17N3O3S/c1-11-4-2-3-5-13(11)19-9-12(8-17-19)14(20)18-16(15(21)22)6-7-23-10-16/h2-5,8-9H,6-7,10H2,1H3,(H,18,20)(H,21,22). The Morgan fingerprint density at radius 2 is 2.17 bits per heavy atom. The van der Waals surface area contributed by atoms with Gasteiger partial charge in [0.05, 0.1) is 17.4 Å². The fraction of sp³-hybridized carbons (Fsp3) is 0.312. The van der Waals surface area contributed by atoms with Crippen molar-refractivity contribution in [1.29, 1.82) is 0 Å². The quantitative estimate of drug-likeness (QED) is 0.893. The average Bonchev–Trinajstić information content (AvgIpc) is 3.17. The van der Waals surface area contributed by atoms with Gasteiger partial charge in [0.2, 0.25) is 0 Å². The van der Waals surface area contributed by atoms with Crippen molar-refractivity contribution in [2.24, 2.45) is 0 Å². The first-order valence-corrected chi connectivity index (χ1v) is 8.42. The molecule has 1 aromatic heterocycles. The molecule has 3 rings (SSSR count). The molecule has 1 atom stereocenters. The zero-order chi connectivity index (χ0) is 16.4. The van der Waals surface area contributed by atoms with Crippen molar-refractivity contribution in [1.82, 2.24) is 15.1 Å². The highest BCUT2D eigenvalue weighted by Crippen LogP contribution is 2.28. The highest BCUT2D eigenvalue weighted by Gasteiger charge is 2.43. The summed E-state index contributed by atoms with van der Waals surface area (Å²) in [5.74, 6) is -0.272. The molecule has 7 heteroatoms. The van der Waals surface area contributed by atoms with Crippen LogP contribution in [0.2, 0.25) is 0 Å². The minimum absolute atomic E-state index is 0.353. The van der Waals surface area contributed by atoms with Crippen LogP contribution in [0.1, 0.15) is 22.3 Å². The monoisotopic (exact) mass is 331 g/mol. The summed E-state index contributed by atoms with van der Waals surface area (Å²) in [5.41, 5.74) is 1.10. The van der Waals surface area contributed by atoms with Crippen molar-refractivity contribution >= 4 is 23.6 Å². The fourth-order valence-electron chi connectivity index (χ4n) is 2.57. The minimum Gasteiger partial charge on any atom is -0.479 e. The zero-order valence-corrected chi connectivity index (χ0v) is 13.5. The van der Waals surface area contributed by atoms with Crippen LogP contribution in [-0.2, 0) is 4.79 Å². The Labute approximate surface area is 137 Å². The predicted molar refractivity (Wildman–Crippen MR) is 88.1 cm³/mol. The number of nitrogens with one attached hydrogen (secondary N) is 1. The van der Waals surface area contributed by atoms with E-state index in [-0.39, 0.29) is 0 Å². The number of rotatable bonds is 4. The number of carboxylic acids is 1. The van der Waals surface area contributed by atoms with Crippen molar-refractivity contribution in [2.45, 2.75) is 18.9 Å². The van der Waals surface area contributed by atoms with Crippen LogP contribution in [0, 0.1) is 6.92 Å². The summed E-state index contributed by atoms with van der Waals surface area (Å²) in [6.07, 6.45) is 3.51.